The average Bonchev–Trinajstić information content (AvgIpc) is 2.52. The molecule has 0 bridgehead atoms. The van der Waals surface area contributed by atoms with Crippen LogP contribution in [-0.4, -0.2) is 9.97 Å². The molecule has 0 atom stereocenters. The summed E-state index contributed by atoms with van der Waals surface area (Å²) < 4.78 is 6.60. The molecule has 3 N–H and O–H groups in total. The first kappa shape index (κ1) is 14.1. The van der Waals surface area contributed by atoms with Gasteiger partial charge in [0, 0.05) is 0 Å². The zero-order valence-corrected chi connectivity index (χ0v) is 13.0. The molecular formula is C14H10BrClN4O. The van der Waals surface area contributed by atoms with Crippen LogP contribution in [0.25, 0.3) is 10.8 Å². The van der Waals surface area contributed by atoms with Crippen molar-refractivity contribution >= 4 is 44.3 Å². The largest absolute Gasteiger partial charge is 0.436 e. The summed E-state index contributed by atoms with van der Waals surface area (Å²) in [6, 6.07) is 11.8. The van der Waals surface area contributed by atoms with E-state index in [1.54, 1.807) is 0 Å². The van der Waals surface area contributed by atoms with E-state index < -0.39 is 0 Å². The van der Waals surface area contributed by atoms with Gasteiger partial charge >= 0.3 is 0 Å². The van der Waals surface area contributed by atoms with Crippen molar-refractivity contribution in [3.8, 4) is 11.6 Å². The number of ether oxygens (including phenoxy) is 1. The minimum Gasteiger partial charge on any atom is -0.436 e. The molecule has 106 valence electrons. The van der Waals surface area contributed by atoms with E-state index in [-0.39, 0.29) is 11.8 Å². The molecule has 0 spiro atoms. The lowest BCUT2D eigenvalue weighted by Crippen LogP contribution is -2.10. The first-order chi connectivity index (χ1) is 10.2. The summed E-state index contributed by atoms with van der Waals surface area (Å²) in [6.07, 6.45) is 1.42. The molecule has 5 nitrogen and oxygen atoms in total. The maximum Gasteiger partial charge on any atom is 0.243 e. The van der Waals surface area contributed by atoms with E-state index in [1.807, 2.05) is 36.4 Å². The van der Waals surface area contributed by atoms with Crippen LogP contribution in [0.4, 0.5) is 5.95 Å². The average molecular weight is 366 g/mol. The summed E-state index contributed by atoms with van der Waals surface area (Å²) >= 11 is 9.59. The van der Waals surface area contributed by atoms with Gasteiger partial charge in [-0.1, -0.05) is 41.9 Å². The van der Waals surface area contributed by atoms with Gasteiger partial charge in [0.1, 0.15) is 10.8 Å². The maximum atomic E-state index is 6.04. The first-order valence-electron chi connectivity index (χ1n) is 6.03. The molecule has 0 unspecified atom stereocenters. The molecule has 2 aromatic carbocycles. The molecule has 0 saturated carbocycles. The quantitative estimate of drug-likeness (QED) is 0.539. The van der Waals surface area contributed by atoms with Crippen LogP contribution in [0.3, 0.4) is 0 Å². The van der Waals surface area contributed by atoms with Crippen molar-refractivity contribution in [3.63, 3.8) is 0 Å². The zero-order chi connectivity index (χ0) is 14.8. The van der Waals surface area contributed by atoms with Gasteiger partial charge in [0.2, 0.25) is 11.8 Å². The monoisotopic (exact) mass is 364 g/mol. The van der Waals surface area contributed by atoms with Gasteiger partial charge in [-0.15, -0.1) is 0 Å². The number of nitrogens with zero attached hydrogens (tertiary/aromatic N) is 2. The van der Waals surface area contributed by atoms with Gasteiger partial charge < -0.3 is 4.74 Å². The van der Waals surface area contributed by atoms with Crippen LogP contribution in [0.5, 0.6) is 11.6 Å². The Hall–Kier alpha value is -1.89. The van der Waals surface area contributed by atoms with Crippen LogP contribution < -0.4 is 16.0 Å². The zero-order valence-electron chi connectivity index (χ0n) is 10.7. The van der Waals surface area contributed by atoms with Crippen LogP contribution in [0.15, 0.2) is 47.1 Å². The number of hydrogen-bond donors (Lipinski definition) is 2. The Bertz CT molecular complexity index is 812. The van der Waals surface area contributed by atoms with E-state index in [9.17, 15) is 0 Å². The molecule has 0 amide bonds. The Labute approximate surface area is 134 Å². The van der Waals surface area contributed by atoms with E-state index in [2.05, 4.69) is 31.3 Å². The predicted molar refractivity (Wildman–Crippen MR) is 86.6 cm³/mol. The fourth-order valence-corrected chi connectivity index (χ4v) is 2.59. The topological polar surface area (TPSA) is 73.1 Å². The number of halogens is 2. The molecule has 7 heteroatoms. The number of aromatic nitrogens is 2. The maximum absolute atomic E-state index is 6.04. The number of hydrazine groups is 1. The standard InChI is InChI=1S/C14H10BrClN4O/c15-12-9-4-2-1-3-8(9)5-6-11(12)21-13-10(16)7-18-14(19-13)20-17/h1-7H,17H2,(H,18,19,20). The third-order valence-corrected chi connectivity index (χ3v) is 3.95. The third kappa shape index (κ3) is 2.78. The number of benzene rings is 2. The molecule has 1 heterocycles. The van der Waals surface area contributed by atoms with Gasteiger partial charge in [-0.05, 0) is 32.8 Å². The summed E-state index contributed by atoms with van der Waals surface area (Å²) in [4.78, 5) is 7.99. The van der Waals surface area contributed by atoms with Gasteiger partial charge in [-0.2, -0.15) is 4.98 Å². The summed E-state index contributed by atoms with van der Waals surface area (Å²) in [7, 11) is 0. The van der Waals surface area contributed by atoms with E-state index in [1.165, 1.54) is 6.20 Å². The highest BCUT2D eigenvalue weighted by Crippen LogP contribution is 2.37. The number of hydrogen-bond acceptors (Lipinski definition) is 5. The molecule has 0 radical (unpaired) electrons. The minimum atomic E-state index is 0.228. The van der Waals surface area contributed by atoms with Crippen LogP contribution in [-0.2, 0) is 0 Å². The molecule has 0 aliphatic heterocycles. The van der Waals surface area contributed by atoms with Gasteiger partial charge in [0.05, 0.1) is 10.7 Å². The highest BCUT2D eigenvalue weighted by molar-refractivity contribution is 9.10. The molecular weight excluding hydrogens is 356 g/mol. The molecule has 0 fully saturated rings. The fourth-order valence-electron chi connectivity index (χ4n) is 1.89. The first-order valence-corrected chi connectivity index (χ1v) is 7.20. The number of nitrogens with two attached hydrogens (primary N) is 1. The summed E-state index contributed by atoms with van der Waals surface area (Å²) in [5.41, 5.74) is 2.35. The van der Waals surface area contributed by atoms with Gasteiger partial charge in [0.25, 0.3) is 0 Å². The van der Waals surface area contributed by atoms with E-state index >= 15 is 0 Å². The smallest absolute Gasteiger partial charge is 0.243 e. The normalized spacial score (nSPS) is 10.6. The highest BCUT2D eigenvalue weighted by Gasteiger charge is 2.11. The Morgan fingerprint density at radius 1 is 1.19 bits per heavy atom. The van der Waals surface area contributed by atoms with Gasteiger partial charge in [0.15, 0.2) is 0 Å². The lowest BCUT2D eigenvalue weighted by molar-refractivity contribution is 0.460. The Kier molecular flexibility index (Phi) is 3.92. The predicted octanol–water partition coefficient (Wildman–Crippen LogP) is 4.12. The molecule has 0 aliphatic rings. The SMILES string of the molecule is NNc1ncc(Cl)c(Oc2ccc3ccccc3c2Br)n1. The second-order valence-corrected chi connectivity index (χ2v) is 5.39. The number of rotatable bonds is 3. The van der Waals surface area contributed by atoms with Crippen molar-refractivity contribution in [2.45, 2.75) is 0 Å². The highest BCUT2D eigenvalue weighted by atomic mass is 79.9. The number of fused-ring (bicyclic) bond motifs is 1. The van der Waals surface area contributed by atoms with Crippen molar-refractivity contribution in [2.75, 3.05) is 5.43 Å². The van der Waals surface area contributed by atoms with Crippen molar-refractivity contribution in [3.05, 3.63) is 52.1 Å². The Balaban J connectivity index is 2.04. The lowest BCUT2D eigenvalue weighted by atomic mass is 10.1. The molecule has 3 aromatic rings. The van der Waals surface area contributed by atoms with Crippen LogP contribution in [0.2, 0.25) is 5.02 Å². The summed E-state index contributed by atoms with van der Waals surface area (Å²) in [6.45, 7) is 0. The van der Waals surface area contributed by atoms with Crippen molar-refractivity contribution in [1.82, 2.24) is 9.97 Å². The van der Waals surface area contributed by atoms with E-state index in [4.69, 9.17) is 22.2 Å². The molecule has 3 rings (SSSR count). The summed E-state index contributed by atoms with van der Waals surface area (Å²) in [5, 5.41) is 2.45. The molecule has 0 saturated heterocycles. The van der Waals surface area contributed by atoms with Crippen molar-refractivity contribution in [2.24, 2.45) is 5.84 Å². The van der Waals surface area contributed by atoms with Crippen molar-refractivity contribution in [1.29, 1.82) is 0 Å². The van der Waals surface area contributed by atoms with Gasteiger partial charge in [-0.3, -0.25) is 5.43 Å². The third-order valence-electron chi connectivity index (χ3n) is 2.88. The van der Waals surface area contributed by atoms with E-state index in [0.29, 0.717) is 10.8 Å². The van der Waals surface area contributed by atoms with E-state index in [0.717, 1.165) is 15.2 Å². The lowest BCUT2D eigenvalue weighted by Gasteiger charge is -2.11. The van der Waals surface area contributed by atoms with Crippen LogP contribution in [0, 0.1) is 0 Å². The molecule has 21 heavy (non-hydrogen) atoms. The Morgan fingerprint density at radius 3 is 2.81 bits per heavy atom. The fraction of sp³-hybridized carbons (Fsp3) is 0. The van der Waals surface area contributed by atoms with Crippen LogP contribution in [0.1, 0.15) is 0 Å². The molecule has 0 aliphatic carbocycles. The summed E-state index contributed by atoms with van der Waals surface area (Å²) in [5.74, 6) is 6.35. The van der Waals surface area contributed by atoms with Crippen LogP contribution >= 0.6 is 27.5 Å². The van der Waals surface area contributed by atoms with Gasteiger partial charge in [-0.25, -0.2) is 10.8 Å². The second-order valence-electron chi connectivity index (χ2n) is 4.19. The number of anilines is 1. The number of nitrogens with one attached hydrogen (secondary N) is 1. The molecule has 1 aromatic heterocycles. The number of nitrogen functional groups attached to an aromatic ring is 1. The Morgan fingerprint density at radius 2 is 2.00 bits per heavy atom. The minimum absolute atomic E-state index is 0.228. The second kappa shape index (κ2) is 5.85. The van der Waals surface area contributed by atoms with Crippen molar-refractivity contribution < 1.29 is 4.74 Å².